The maximum atomic E-state index is 12.6. The molecule has 0 aliphatic carbocycles. The Morgan fingerprint density at radius 1 is 0.946 bits per heavy atom. The number of hydrogen-bond donors (Lipinski definition) is 3. The maximum absolute atomic E-state index is 12.6. The predicted molar refractivity (Wildman–Crippen MR) is 132 cm³/mol. The van der Waals surface area contributed by atoms with E-state index in [1.807, 2.05) is 49.1 Å². The second-order valence-electron chi connectivity index (χ2n) is 7.76. The summed E-state index contributed by atoms with van der Waals surface area (Å²) in [7, 11) is -3.82. The molecule has 3 N–H and O–H groups in total. The lowest BCUT2D eigenvalue weighted by molar-refractivity contribution is -0.192. The summed E-state index contributed by atoms with van der Waals surface area (Å²) in [6, 6.07) is 20.8. The summed E-state index contributed by atoms with van der Waals surface area (Å²) >= 11 is 0. The standard InChI is InChI=1S/C23H24N2O4S.C2HF3O2/c1-3-25(16-18-7-5-4-6-8-18)22-14-11-19(15-21(22)23(26)27)24-30(28,29)20-12-9-17(2)10-13-20;3-2(4,5)1(6)7/h4-15,24H,3,16H2,1-2H3,(H,26,27);(H,6,7). The number of aliphatic carboxylic acids is 1. The van der Waals surface area contributed by atoms with Gasteiger partial charge in [-0.25, -0.2) is 18.0 Å². The summed E-state index contributed by atoms with van der Waals surface area (Å²) in [4.78, 5) is 22.9. The molecule has 0 aliphatic heterocycles. The van der Waals surface area contributed by atoms with Crippen LogP contribution in [0.25, 0.3) is 0 Å². The maximum Gasteiger partial charge on any atom is 0.490 e. The van der Waals surface area contributed by atoms with Crippen molar-refractivity contribution < 1.29 is 41.4 Å². The Morgan fingerprint density at radius 3 is 2.00 bits per heavy atom. The Morgan fingerprint density at radius 2 is 1.51 bits per heavy atom. The van der Waals surface area contributed by atoms with Crippen molar-refractivity contribution in [1.29, 1.82) is 0 Å². The lowest BCUT2D eigenvalue weighted by atomic mass is 10.1. The van der Waals surface area contributed by atoms with Gasteiger partial charge in [-0.3, -0.25) is 4.72 Å². The number of anilines is 2. The Hall–Kier alpha value is -4.06. The highest BCUT2D eigenvalue weighted by Crippen LogP contribution is 2.27. The third-order valence-electron chi connectivity index (χ3n) is 4.99. The molecule has 0 aliphatic rings. The molecule has 3 aromatic carbocycles. The van der Waals surface area contributed by atoms with Crippen molar-refractivity contribution in [3.63, 3.8) is 0 Å². The number of carboxylic acids is 2. The number of nitrogens with zero attached hydrogens (tertiary/aromatic N) is 1. The molecule has 0 atom stereocenters. The number of rotatable bonds is 8. The number of alkyl halides is 3. The van der Waals surface area contributed by atoms with Gasteiger partial charge >= 0.3 is 18.1 Å². The Balaban J connectivity index is 0.000000604. The van der Waals surface area contributed by atoms with Crippen molar-refractivity contribution in [2.45, 2.75) is 31.5 Å². The number of sulfonamides is 1. The minimum Gasteiger partial charge on any atom is -0.478 e. The number of halogens is 3. The number of aromatic carboxylic acids is 1. The fourth-order valence-electron chi connectivity index (χ4n) is 3.15. The molecule has 0 heterocycles. The zero-order chi connectivity index (χ0) is 27.8. The van der Waals surface area contributed by atoms with Gasteiger partial charge in [0, 0.05) is 18.8 Å². The highest BCUT2D eigenvalue weighted by atomic mass is 32.2. The van der Waals surface area contributed by atoms with Crippen LogP contribution in [0.3, 0.4) is 0 Å². The molecule has 12 heteroatoms. The highest BCUT2D eigenvalue weighted by molar-refractivity contribution is 7.92. The molecule has 0 spiro atoms. The van der Waals surface area contributed by atoms with Crippen LogP contribution in [0.15, 0.2) is 77.7 Å². The zero-order valence-corrected chi connectivity index (χ0v) is 20.7. The van der Waals surface area contributed by atoms with Gasteiger partial charge in [-0.2, -0.15) is 13.2 Å². The monoisotopic (exact) mass is 538 g/mol. The van der Waals surface area contributed by atoms with Crippen LogP contribution in [-0.2, 0) is 21.4 Å². The SMILES string of the molecule is CCN(Cc1ccccc1)c1ccc(NS(=O)(=O)c2ccc(C)cc2)cc1C(=O)O.O=C(O)C(F)(F)F. The van der Waals surface area contributed by atoms with Crippen LogP contribution in [0.4, 0.5) is 24.5 Å². The second-order valence-corrected chi connectivity index (χ2v) is 9.44. The summed E-state index contributed by atoms with van der Waals surface area (Å²) < 4.78 is 59.5. The third kappa shape index (κ3) is 8.53. The van der Waals surface area contributed by atoms with E-state index in [1.54, 1.807) is 24.3 Å². The van der Waals surface area contributed by atoms with E-state index >= 15 is 0 Å². The Labute approximate surface area is 212 Å². The first-order valence-electron chi connectivity index (χ1n) is 10.8. The van der Waals surface area contributed by atoms with Gasteiger partial charge in [-0.05, 0) is 49.7 Å². The van der Waals surface area contributed by atoms with E-state index in [4.69, 9.17) is 9.90 Å². The minimum atomic E-state index is -5.08. The molecule has 0 radical (unpaired) electrons. The van der Waals surface area contributed by atoms with Crippen molar-refractivity contribution in [2.24, 2.45) is 0 Å². The summed E-state index contributed by atoms with van der Waals surface area (Å²) in [6.07, 6.45) is -5.08. The van der Waals surface area contributed by atoms with E-state index in [9.17, 15) is 31.5 Å². The van der Waals surface area contributed by atoms with Crippen molar-refractivity contribution >= 4 is 33.3 Å². The van der Waals surface area contributed by atoms with E-state index in [2.05, 4.69) is 4.72 Å². The first-order valence-corrected chi connectivity index (χ1v) is 12.3. The average Bonchev–Trinajstić information content (AvgIpc) is 2.83. The Kier molecular flexibility index (Phi) is 9.67. The Bertz CT molecular complexity index is 1330. The number of carbonyl (C=O) groups is 2. The quantitative estimate of drug-likeness (QED) is 0.362. The minimum absolute atomic E-state index is 0.0388. The third-order valence-corrected chi connectivity index (χ3v) is 6.39. The van der Waals surface area contributed by atoms with Gasteiger partial charge in [0.1, 0.15) is 0 Å². The summed E-state index contributed by atoms with van der Waals surface area (Å²) in [5.74, 6) is -3.87. The first-order chi connectivity index (χ1) is 17.2. The molecule has 3 aromatic rings. The fraction of sp³-hybridized carbons (Fsp3) is 0.200. The molecule has 0 bridgehead atoms. The van der Waals surface area contributed by atoms with Gasteiger partial charge in [-0.15, -0.1) is 0 Å². The number of aryl methyl sites for hydroxylation is 1. The second kappa shape index (κ2) is 12.3. The molecular weight excluding hydrogens is 513 g/mol. The lowest BCUT2D eigenvalue weighted by Crippen LogP contribution is -2.24. The summed E-state index contributed by atoms with van der Waals surface area (Å²) in [5.41, 5.74) is 2.78. The number of hydrogen-bond acceptors (Lipinski definition) is 5. The van der Waals surface area contributed by atoms with Gasteiger partial charge < -0.3 is 15.1 Å². The predicted octanol–water partition coefficient (Wildman–Crippen LogP) is 5.15. The summed E-state index contributed by atoms with van der Waals surface area (Å²) in [6.45, 7) is 4.97. The number of carboxylic acid groups (broad SMARTS) is 2. The van der Waals surface area contributed by atoms with Gasteiger partial charge in [0.25, 0.3) is 10.0 Å². The zero-order valence-electron chi connectivity index (χ0n) is 19.9. The van der Waals surface area contributed by atoms with Crippen molar-refractivity contribution in [3.05, 3.63) is 89.5 Å². The first kappa shape index (κ1) is 29.2. The molecule has 8 nitrogen and oxygen atoms in total. The van der Waals surface area contributed by atoms with Crippen LogP contribution in [0.1, 0.15) is 28.4 Å². The molecule has 0 saturated carbocycles. The largest absolute Gasteiger partial charge is 0.490 e. The molecule has 3 rings (SSSR count). The van der Waals surface area contributed by atoms with Crippen LogP contribution < -0.4 is 9.62 Å². The lowest BCUT2D eigenvalue weighted by Gasteiger charge is -2.25. The van der Waals surface area contributed by atoms with E-state index in [0.29, 0.717) is 18.8 Å². The van der Waals surface area contributed by atoms with Gasteiger partial charge in [0.2, 0.25) is 0 Å². The molecular formula is C25H25F3N2O6S. The average molecular weight is 539 g/mol. The van der Waals surface area contributed by atoms with Crippen molar-refractivity contribution in [2.75, 3.05) is 16.2 Å². The highest BCUT2D eigenvalue weighted by Gasteiger charge is 2.38. The number of nitrogens with one attached hydrogen (secondary N) is 1. The summed E-state index contributed by atoms with van der Waals surface area (Å²) in [5, 5.41) is 16.9. The molecule has 198 valence electrons. The van der Waals surface area contributed by atoms with Crippen LogP contribution in [0, 0.1) is 6.92 Å². The normalized spacial score (nSPS) is 11.2. The van der Waals surface area contributed by atoms with Gasteiger partial charge in [0.05, 0.1) is 16.1 Å². The molecule has 0 amide bonds. The van der Waals surface area contributed by atoms with Crippen molar-refractivity contribution in [3.8, 4) is 0 Å². The van der Waals surface area contributed by atoms with Crippen LogP contribution in [-0.4, -0.2) is 43.3 Å². The van der Waals surface area contributed by atoms with E-state index in [0.717, 1.165) is 11.1 Å². The molecule has 0 fully saturated rings. The van der Waals surface area contributed by atoms with Crippen LogP contribution in [0.2, 0.25) is 0 Å². The van der Waals surface area contributed by atoms with Gasteiger partial charge in [-0.1, -0.05) is 48.0 Å². The molecule has 37 heavy (non-hydrogen) atoms. The van der Waals surface area contributed by atoms with Crippen molar-refractivity contribution in [1.82, 2.24) is 0 Å². The molecule has 0 unspecified atom stereocenters. The molecule has 0 saturated heterocycles. The van der Waals surface area contributed by atoms with E-state index < -0.39 is 28.1 Å². The number of benzene rings is 3. The fourth-order valence-corrected chi connectivity index (χ4v) is 4.20. The van der Waals surface area contributed by atoms with E-state index in [1.165, 1.54) is 18.2 Å². The van der Waals surface area contributed by atoms with Gasteiger partial charge in [0.15, 0.2) is 0 Å². The smallest absolute Gasteiger partial charge is 0.478 e. The topological polar surface area (TPSA) is 124 Å². The van der Waals surface area contributed by atoms with E-state index in [-0.39, 0.29) is 16.1 Å². The van der Waals surface area contributed by atoms with Crippen LogP contribution >= 0.6 is 0 Å². The molecule has 0 aromatic heterocycles. The van der Waals surface area contributed by atoms with Crippen LogP contribution in [0.5, 0.6) is 0 Å².